The molecule has 2 atom stereocenters. The number of methoxy groups -OCH3 is 1. The fourth-order valence-electron chi connectivity index (χ4n) is 2.80. The van der Waals surface area contributed by atoms with Crippen LogP contribution in [-0.4, -0.2) is 44.5 Å². The Bertz CT molecular complexity index is 571. The summed E-state index contributed by atoms with van der Waals surface area (Å²) in [5.41, 5.74) is 11.5. The van der Waals surface area contributed by atoms with Crippen LogP contribution in [0.2, 0.25) is 0 Å². The summed E-state index contributed by atoms with van der Waals surface area (Å²) in [6, 6.07) is 8.00. The van der Waals surface area contributed by atoms with Gasteiger partial charge in [0.25, 0.3) is 0 Å². The maximum absolute atomic E-state index is 12.7. The summed E-state index contributed by atoms with van der Waals surface area (Å²) in [6.07, 6.45) is 0.807. The second-order valence-electron chi connectivity index (χ2n) is 5.62. The van der Waals surface area contributed by atoms with Crippen molar-refractivity contribution >= 4 is 17.3 Å². The van der Waals surface area contributed by atoms with E-state index in [-0.39, 0.29) is 17.9 Å². The molecule has 2 aliphatic rings. The Kier molecular flexibility index (Phi) is 6.12. The quantitative estimate of drug-likeness (QED) is 0.878. The molecule has 2 aliphatic heterocycles. The number of hydrogen-bond donors (Lipinski definition) is 2. The highest BCUT2D eigenvalue weighted by atomic mass is 16.5. The summed E-state index contributed by atoms with van der Waals surface area (Å²) in [6.45, 7) is 6.03. The van der Waals surface area contributed by atoms with Gasteiger partial charge >= 0.3 is 0 Å². The molecule has 0 saturated carbocycles. The number of nitrogens with two attached hydrogens (primary N) is 1. The molecule has 3 N–H and O–H groups in total. The number of ether oxygens (including phenoxy) is 1. The molecule has 0 spiro atoms. The van der Waals surface area contributed by atoms with E-state index in [1.807, 2.05) is 43.0 Å². The lowest BCUT2D eigenvalue weighted by Crippen LogP contribution is -2.48. The number of nitrogens with zero attached hydrogens (tertiary/aromatic N) is 2. The zero-order chi connectivity index (χ0) is 16.8. The predicted octanol–water partition coefficient (Wildman–Crippen LogP) is 1.35. The van der Waals surface area contributed by atoms with E-state index in [4.69, 9.17) is 5.73 Å². The number of hydrazone groups is 1. The number of para-hydroxylation sites is 1. The molecule has 0 radical (unpaired) electrons. The number of anilines is 1. The minimum absolute atomic E-state index is 0.0521. The lowest BCUT2D eigenvalue weighted by Gasteiger charge is -2.34. The molecular weight excluding hydrogens is 292 g/mol. The fourth-order valence-corrected chi connectivity index (χ4v) is 2.80. The monoisotopic (exact) mass is 318 g/mol. The Morgan fingerprint density at radius 1 is 1.39 bits per heavy atom. The first-order valence-electron chi connectivity index (χ1n) is 8.08. The SMILES string of the molecule is CC1NN=C2c3ccccc3N(CCCN)C(=O)C21.CCOC. The fraction of sp³-hybridized carbons (Fsp3) is 0.529. The molecule has 0 saturated heterocycles. The van der Waals surface area contributed by atoms with Crippen molar-refractivity contribution in [3.63, 3.8) is 0 Å². The van der Waals surface area contributed by atoms with Crippen LogP contribution in [0, 0.1) is 5.92 Å². The van der Waals surface area contributed by atoms with E-state index in [0.29, 0.717) is 13.1 Å². The van der Waals surface area contributed by atoms with E-state index in [1.165, 1.54) is 0 Å². The molecule has 3 rings (SSSR count). The zero-order valence-electron chi connectivity index (χ0n) is 14.1. The molecule has 0 bridgehead atoms. The van der Waals surface area contributed by atoms with E-state index in [2.05, 4.69) is 15.3 Å². The average Bonchev–Trinajstić information content (AvgIpc) is 2.97. The molecular formula is C17H26N4O2. The number of carbonyl (C=O) groups is 1. The van der Waals surface area contributed by atoms with Gasteiger partial charge in [-0.05, 0) is 32.9 Å². The number of rotatable bonds is 4. The van der Waals surface area contributed by atoms with Crippen LogP contribution in [0.1, 0.15) is 25.8 Å². The number of fused-ring (bicyclic) bond motifs is 3. The second-order valence-corrected chi connectivity index (χ2v) is 5.62. The molecule has 1 aromatic carbocycles. The smallest absolute Gasteiger partial charge is 0.238 e. The minimum Gasteiger partial charge on any atom is -0.385 e. The standard InChI is InChI=1S/C14H18N4O.C3H8O/c1-9-12-13(17-16-9)10-5-2-3-6-11(10)18(14(12)19)8-4-7-15;1-3-4-2/h2-3,5-6,9,12,16H,4,7-8,15H2,1H3;3H2,1-2H3. The largest absolute Gasteiger partial charge is 0.385 e. The van der Waals surface area contributed by atoms with Crippen LogP contribution in [0.4, 0.5) is 5.69 Å². The third-order valence-corrected chi connectivity index (χ3v) is 4.06. The van der Waals surface area contributed by atoms with Crippen LogP contribution in [0.3, 0.4) is 0 Å². The first-order valence-corrected chi connectivity index (χ1v) is 8.08. The van der Waals surface area contributed by atoms with Gasteiger partial charge in [0.2, 0.25) is 5.91 Å². The Morgan fingerprint density at radius 3 is 2.74 bits per heavy atom. The van der Waals surface area contributed by atoms with E-state index < -0.39 is 0 Å². The van der Waals surface area contributed by atoms with Crippen molar-refractivity contribution in [2.24, 2.45) is 16.8 Å². The second kappa shape index (κ2) is 8.08. The van der Waals surface area contributed by atoms with Gasteiger partial charge in [-0.1, -0.05) is 18.2 Å². The van der Waals surface area contributed by atoms with Crippen LogP contribution in [0.15, 0.2) is 29.4 Å². The Hall–Kier alpha value is -1.92. The van der Waals surface area contributed by atoms with Gasteiger partial charge in [0.1, 0.15) is 5.92 Å². The third-order valence-electron chi connectivity index (χ3n) is 4.06. The van der Waals surface area contributed by atoms with Crippen molar-refractivity contribution in [3.8, 4) is 0 Å². The molecule has 1 amide bonds. The lowest BCUT2D eigenvalue weighted by atomic mass is 9.86. The summed E-state index contributed by atoms with van der Waals surface area (Å²) in [5, 5.41) is 4.34. The van der Waals surface area contributed by atoms with Gasteiger partial charge in [0.15, 0.2) is 0 Å². The summed E-state index contributed by atoms with van der Waals surface area (Å²) in [7, 11) is 1.68. The van der Waals surface area contributed by atoms with E-state index in [0.717, 1.165) is 30.0 Å². The van der Waals surface area contributed by atoms with Crippen LogP contribution < -0.4 is 16.1 Å². The van der Waals surface area contributed by atoms with Crippen LogP contribution >= 0.6 is 0 Å². The number of carbonyl (C=O) groups excluding carboxylic acids is 1. The summed E-state index contributed by atoms with van der Waals surface area (Å²) < 4.78 is 4.54. The first-order chi connectivity index (χ1) is 11.2. The maximum atomic E-state index is 12.7. The molecule has 126 valence electrons. The highest BCUT2D eigenvalue weighted by Crippen LogP contribution is 2.34. The highest BCUT2D eigenvalue weighted by Gasteiger charge is 2.43. The van der Waals surface area contributed by atoms with Crippen LogP contribution in [-0.2, 0) is 9.53 Å². The van der Waals surface area contributed by atoms with E-state index >= 15 is 0 Å². The van der Waals surface area contributed by atoms with E-state index in [1.54, 1.807) is 7.11 Å². The zero-order valence-corrected chi connectivity index (χ0v) is 14.1. The normalized spacial score (nSPS) is 21.7. The molecule has 0 fully saturated rings. The van der Waals surface area contributed by atoms with Gasteiger partial charge in [0, 0.05) is 25.8 Å². The predicted molar refractivity (Wildman–Crippen MR) is 92.6 cm³/mol. The topological polar surface area (TPSA) is 80.0 Å². The van der Waals surface area contributed by atoms with Crippen LogP contribution in [0.5, 0.6) is 0 Å². The lowest BCUT2D eigenvalue weighted by molar-refractivity contribution is -0.121. The van der Waals surface area contributed by atoms with Crippen molar-refractivity contribution in [2.75, 3.05) is 31.7 Å². The Balaban J connectivity index is 0.000000433. The van der Waals surface area contributed by atoms with Gasteiger partial charge in [-0.15, -0.1) is 0 Å². The first kappa shape index (κ1) is 17.4. The molecule has 23 heavy (non-hydrogen) atoms. The Labute approximate surface area is 137 Å². The summed E-state index contributed by atoms with van der Waals surface area (Å²) in [4.78, 5) is 14.5. The van der Waals surface area contributed by atoms with Crippen molar-refractivity contribution in [1.82, 2.24) is 5.43 Å². The molecule has 2 unspecified atom stereocenters. The van der Waals surface area contributed by atoms with Gasteiger partial charge < -0.3 is 20.8 Å². The van der Waals surface area contributed by atoms with Crippen molar-refractivity contribution in [1.29, 1.82) is 0 Å². The van der Waals surface area contributed by atoms with Crippen molar-refractivity contribution < 1.29 is 9.53 Å². The average molecular weight is 318 g/mol. The van der Waals surface area contributed by atoms with Gasteiger partial charge in [-0.25, -0.2) is 0 Å². The minimum atomic E-state index is -0.173. The molecule has 2 heterocycles. The molecule has 1 aromatic rings. The number of hydrogen-bond acceptors (Lipinski definition) is 5. The maximum Gasteiger partial charge on any atom is 0.238 e. The van der Waals surface area contributed by atoms with Gasteiger partial charge in [-0.3, -0.25) is 4.79 Å². The van der Waals surface area contributed by atoms with Crippen LogP contribution in [0.25, 0.3) is 0 Å². The summed E-state index contributed by atoms with van der Waals surface area (Å²) in [5.74, 6) is -0.0453. The molecule has 6 heteroatoms. The molecule has 6 nitrogen and oxygen atoms in total. The Morgan fingerprint density at radius 2 is 2.09 bits per heavy atom. The van der Waals surface area contributed by atoms with Crippen molar-refractivity contribution in [3.05, 3.63) is 29.8 Å². The number of amides is 1. The molecule has 0 aromatic heterocycles. The number of benzene rings is 1. The van der Waals surface area contributed by atoms with Gasteiger partial charge in [-0.2, -0.15) is 5.10 Å². The van der Waals surface area contributed by atoms with E-state index in [9.17, 15) is 4.79 Å². The highest BCUT2D eigenvalue weighted by molar-refractivity contribution is 6.24. The van der Waals surface area contributed by atoms with Crippen molar-refractivity contribution in [2.45, 2.75) is 26.3 Å². The molecule has 0 aliphatic carbocycles. The van der Waals surface area contributed by atoms with Gasteiger partial charge in [0.05, 0.1) is 17.4 Å². The summed E-state index contributed by atoms with van der Waals surface area (Å²) >= 11 is 0. The number of nitrogens with one attached hydrogen (secondary N) is 1. The third kappa shape index (κ3) is 3.54.